The fourth-order valence-corrected chi connectivity index (χ4v) is 2.79. The van der Waals surface area contributed by atoms with Crippen molar-refractivity contribution in [3.8, 4) is 0 Å². The number of anilines is 1. The van der Waals surface area contributed by atoms with Gasteiger partial charge in [-0.3, -0.25) is 14.4 Å². The summed E-state index contributed by atoms with van der Waals surface area (Å²) < 4.78 is 4.98. The van der Waals surface area contributed by atoms with Gasteiger partial charge in [-0.15, -0.1) is 0 Å². The first-order valence-electron chi connectivity index (χ1n) is 8.65. The molecule has 6 heteroatoms. The Balaban J connectivity index is 1.96. The summed E-state index contributed by atoms with van der Waals surface area (Å²) in [4.78, 5) is 37.7. The van der Waals surface area contributed by atoms with Crippen LogP contribution >= 0.6 is 0 Å². The highest BCUT2D eigenvalue weighted by Crippen LogP contribution is 2.27. The minimum atomic E-state index is -0.478. The normalized spacial score (nSPS) is 17.3. The van der Waals surface area contributed by atoms with Crippen molar-refractivity contribution in [2.45, 2.75) is 46.1 Å². The molecule has 2 amide bonds. The lowest BCUT2D eigenvalue weighted by molar-refractivity contribution is -0.147. The molecule has 1 N–H and O–H groups in total. The van der Waals surface area contributed by atoms with Gasteiger partial charge in [-0.2, -0.15) is 0 Å². The lowest BCUT2D eigenvalue weighted by Gasteiger charge is -2.18. The summed E-state index contributed by atoms with van der Waals surface area (Å²) in [6.07, 6.45) is -0.0714. The molecule has 1 atom stereocenters. The van der Waals surface area contributed by atoms with Gasteiger partial charge in [0.25, 0.3) is 0 Å². The van der Waals surface area contributed by atoms with E-state index in [2.05, 4.69) is 19.2 Å². The minimum absolute atomic E-state index is 0.0780. The van der Waals surface area contributed by atoms with E-state index in [1.807, 2.05) is 24.3 Å². The topological polar surface area (TPSA) is 75.7 Å². The first-order chi connectivity index (χ1) is 11.8. The maximum absolute atomic E-state index is 12.3. The molecule has 1 aliphatic heterocycles. The molecule has 0 saturated carbocycles. The van der Waals surface area contributed by atoms with Crippen molar-refractivity contribution in [1.82, 2.24) is 5.32 Å². The molecule has 0 spiro atoms. The summed E-state index contributed by atoms with van der Waals surface area (Å²) in [5, 5.41) is 2.56. The zero-order valence-corrected chi connectivity index (χ0v) is 15.2. The standard InChI is InChI=1S/C19H26N2O4/c1-12(2)14-6-5-7-16(8-14)21-11-15(9-17(21)22)19(24)20-10-18(23)25-13(3)4/h5-8,12-13,15H,9-11H2,1-4H3,(H,20,24). The zero-order chi connectivity index (χ0) is 18.6. The van der Waals surface area contributed by atoms with Crippen LogP contribution in [-0.2, 0) is 19.1 Å². The Morgan fingerprint density at radius 1 is 1.28 bits per heavy atom. The second kappa shape index (κ2) is 8.14. The van der Waals surface area contributed by atoms with Gasteiger partial charge in [-0.05, 0) is 37.5 Å². The Labute approximate surface area is 148 Å². The van der Waals surface area contributed by atoms with Crippen LogP contribution in [0.15, 0.2) is 24.3 Å². The number of esters is 1. The van der Waals surface area contributed by atoms with Crippen molar-refractivity contribution in [3.63, 3.8) is 0 Å². The van der Waals surface area contributed by atoms with Crippen LogP contribution in [0.3, 0.4) is 0 Å². The first kappa shape index (κ1) is 19.0. The number of amides is 2. The molecule has 1 heterocycles. The fourth-order valence-electron chi connectivity index (χ4n) is 2.79. The fraction of sp³-hybridized carbons (Fsp3) is 0.526. The Morgan fingerprint density at radius 2 is 2.00 bits per heavy atom. The van der Waals surface area contributed by atoms with Crippen LogP contribution in [0.25, 0.3) is 0 Å². The molecule has 2 rings (SSSR count). The highest BCUT2D eigenvalue weighted by molar-refractivity contribution is 6.00. The maximum atomic E-state index is 12.3. The predicted octanol–water partition coefficient (Wildman–Crippen LogP) is 2.23. The highest BCUT2D eigenvalue weighted by atomic mass is 16.5. The Bertz CT molecular complexity index is 655. The third kappa shape index (κ3) is 5.05. The van der Waals surface area contributed by atoms with Crippen LogP contribution in [-0.4, -0.2) is 37.0 Å². The molecular formula is C19H26N2O4. The van der Waals surface area contributed by atoms with Gasteiger partial charge in [0.15, 0.2) is 0 Å². The van der Waals surface area contributed by atoms with Crippen molar-refractivity contribution in [3.05, 3.63) is 29.8 Å². The van der Waals surface area contributed by atoms with Gasteiger partial charge in [0, 0.05) is 18.7 Å². The van der Waals surface area contributed by atoms with Gasteiger partial charge in [0.05, 0.1) is 12.0 Å². The van der Waals surface area contributed by atoms with E-state index in [9.17, 15) is 14.4 Å². The number of rotatable bonds is 6. The van der Waals surface area contributed by atoms with Gasteiger partial charge in [-0.1, -0.05) is 26.0 Å². The van der Waals surface area contributed by atoms with E-state index in [1.54, 1.807) is 18.7 Å². The number of nitrogens with zero attached hydrogens (tertiary/aromatic N) is 1. The smallest absolute Gasteiger partial charge is 0.325 e. The number of carbonyl (C=O) groups excluding carboxylic acids is 3. The van der Waals surface area contributed by atoms with E-state index in [-0.39, 0.29) is 30.9 Å². The van der Waals surface area contributed by atoms with Crippen LogP contribution < -0.4 is 10.2 Å². The highest BCUT2D eigenvalue weighted by Gasteiger charge is 2.35. The maximum Gasteiger partial charge on any atom is 0.325 e. The Morgan fingerprint density at radius 3 is 2.64 bits per heavy atom. The van der Waals surface area contributed by atoms with Crippen molar-refractivity contribution >= 4 is 23.5 Å². The second-order valence-corrected chi connectivity index (χ2v) is 6.91. The second-order valence-electron chi connectivity index (χ2n) is 6.91. The molecule has 1 fully saturated rings. The van der Waals surface area contributed by atoms with Crippen LogP contribution in [0.5, 0.6) is 0 Å². The molecule has 0 bridgehead atoms. The van der Waals surface area contributed by atoms with Gasteiger partial charge < -0.3 is 15.0 Å². The van der Waals surface area contributed by atoms with E-state index >= 15 is 0 Å². The quantitative estimate of drug-likeness (QED) is 0.802. The average Bonchev–Trinajstić information content (AvgIpc) is 2.94. The SMILES string of the molecule is CC(C)OC(=O)CNC(=O)C1CC(=O)N(c2cccc(C(C)C)c2)C1. The van der Waals surface area contributed by atoms with Crippen LogP contribution in [0.1, 0.15) is 45.6 Å². The van der Waals surface area contributed by atoms with Crippen molar-refractivity contribution in [2.75, 3.05) is 18.0 Å². The minimum Gasteiger partial charge on any atom is -0.462 e. The molecule has 0 radical (unpaired) electrons. The third-order valence-corrected chi connectivity index (χ3v) is 4.12. The zero-order valence-electron chi connectivity index (χ0n) is 15.2. The summed E-state index contributed by atoms with van der Waals surface area (Å²) in [5.74, 6) is -0.942. The van der Waals surface area contributed by atoms with Gasteiger partial charge in [0.2, 0.25) is 11.8 Å². The number of ether oxygens (including phenoxy) is 1. The lowest BCUT2D eigenvalue weighted by Crippen LogP contribution is -2.37. The van der Waals surface area contributed by atoms with Crippen LogP contribution in [0.4, 0.5) is 5.69 Å². The van der Waals surface area contributed by atoms with E-state index < -0.39 is 11.9 Å². The number of hydrogen-bond donors (Lipinski definition) is 1. The predicted molar refractivity (Wildman–Crippen MR) is 95.2 cm³/mol. The average molecular weight is 346 g/mol. The molecule has 0 aliphatic carbocycles. The van der Waals surface area contributed by atoms with Crippen molar-refractivity contribution in [2.24, 2.45) is 5.92 Å². The Hall–Kier alpha value is -2.37. The molecule has 6 nitrogen and oxygen atoms in total. The summed E-state index contributed by atoms with van der Waals surface area (Å²) in [6, 6.07) is 7.82. The van der Waals surface area contributed by atoms with E-state index in [4.69, 9.17) is 4.74 Å². The number of nitrogens with one attached hydrogen (secondary N) is 1. The molecule has 1 aliphatic rings. The Kier molecular flexibility index (Phi) is 6.17. The lowest BCUT2D eigenvalue weighted by atomic mass is 10.0. The molecule has 1 aromatic carbocycles. The summed E-state index contributed by atoms with van der Waals surface area (Å²) in [6.45, 7) is 7.84. The third-order valence-electron chi connectivity index (χ3n) is 4.12. The largest absolute Gasteiger partial charge is 0.462 e. The molecule has 1 aromatic rings. The van der Waals surface area contributed by atoms with Gasteiger partial charge in [-0.25, -0.2) is 0 Å². The van der Waals surface area contributed by atoms with Crippen LogP contribution in [0.2, 0.25) is 0 Å². The van der Waals surface area contributed by atoms with Gasteiger partial charge in [0.1, 0.15) is 6.54 Å². The van der Waals surface area contributed by atoms with Crippen LogP contribution in [0, 0.1) is 5.92 Å². The summed E-state index contributed by atoms with van der Waals surface area (Å²) in [7, 11) is 0. The first-order valence-corrected chi connectivity index (χ1v) is 8.65. The number of carbonyl (C=O) groups is 3. The van der Waals surface area contributed by atoms with E-state index in [0.29, 0.717) is 12.5 Å². The summed E-state index contributed by atoms with van der Waals surface area (Å²) >= 11 is 0. The molecule has 0 aromatic heterocycles. The van der Waals surface area contributed by atoms with Crippen molar-refractivity contribution in [1.29, 1.82) is 0 Å². The number of hydrogen-bond acceptors (Lipinski definition) is 4. The number of benzene rings is 1. The molecular weight excluding hydrogens is 320 g/mol. The molecule has 1 saturated heterocycles. The molecule has 136 valence electrons. The van der Waals surface area contributed by atoms with Crippen molar-refractivity contribution < 1.29 is 19.1 Å². The van der Waals surface area contributed by atoms with Gasteiger partial charge >= 0.3 is 5.97 Å². The van der Waals surface area contributed by atoms with E-state index in [1.165, 1.54) is 0 Å². The molecule has 1 unspecified atom stereocenters. The monoisotopic (exact) mass is 346 g/mol. The summed E-state index contributed by atoms with van der Waals surface area (Å²) in [5.41, 5.74) is 1.96. The molecule has 25 heavy (non-hydrogen) atoms. The van der Waals surface area contributed by atoms with E-state index in [0.717, 1.165) is 11.3 Å².